The van der Waals surface area contributed by atoms with E-state index in [4.69, 9.17) is 5.73 Å². The number of aryl methyl sites for hydroxylation is 1. The quantitative estimate of drug-likeness (QED) is 0.780. The van der Waals surface area contributed by atoms with Crippen molar-refractivity contribution in [1.29, 1.82) is 0 Å². The summed E-state index contributed by atoms with van der Waals surface area (Å²) in [4.78, 5) is 0. The zero-order valence-electron chi connectivity index (χ0n) is 11.5. The maximum absolute atomic E-state index is 12.4. The Morgan fingerprint density at radius 2 is 2.11 bits per heavy atom. The van der Waals surface area contributed by atoms with Gasteiger partial charge in [-0.2, -0.15) is 0 Å². The van der Waals surface area contributed by atoms with E-state index in [1.165, 1.54) is 11.7 Å². The SMILES string of the molecule is CC(C)CC(C)(CN)NS(=O)(=O)c1c(Br)nnn1C. The van der Waals surface area contributed by atoms with Crippen molar-refractivity contribution in [3.05, 3.63) is 4.60 Å². The third-order valence-electron chi connectivity index (χ3n) is 2.68. The molecule has 1 aromatic heterocycles. The zero-order chi connectivity index (χ0) is 14.8. The number of hydrogen-bond donors (Lipinski definition) is 2. The molecule has 1 heterocycles. The minimum absolute atomic E-state index is 0.00377. The van der Waals surface area contributed by atoms with E-state index in [-0.39, 0.29) is 16.2 Å². The first-order valence-corrected chi connectivity index (χ1v) is 8.18. The first-order valence-electron chi connectivity index (χ1n) is 5.90. The molecule has 0 amide bonds. The normalized spacial score (nSPS) is 15.7. The third kappa shape index (κ3) is 3.98. The first-order chi connectivity index (χ1) is 8.61. The highest BCUT2D eigenvalue weighted by Crippen LogP contribution is 2.22. The number of hydrogen-bond acceptors (Lipinski definition) is 5. The Labute approximate surface area is 122 Å². The van der Waals surface area contributed by atoms with E-state index in [0.29, 0.717) is 12.3 Å². The Kier molecular flexibility index (Phi) is 5.10. The minimum Gasteiger partial charge on any atom is -0.329 e. The lowest BCUT2D eigenvalue weighted by atomic mass is 9.92. The van der Waals surface area contributed by atoms with Gasteiger partial charge in [0.2, 0.25) is 5.03 Å². The third-order valence-corrected chi connectivity index (χ3v) is 5.21. The molecular formula is C10H20BrN5O2S. The molecule has 0 aliphatic rings. The van der Waals surface area contributed by atoms with Gasteiger partial charge in [0, 0.05) is 19.1 Å². The predicted octanol–water partition coefficient (Wildman–Crippen LogP) is 0.619. The lowest BCUT2D eigenvalue weighted by Crippen LogP contribution is -2.52. The molecule has 0 saturated heterocycles. The fraction of sp³-hybridized carbons (Fsp3) is 0.800. The van der Waals surface area contributed by atoms with Gasteiger partial charge in [-0.1, -0.05) is 19.1 Å². The van der Waals surface area contributed by atoms with Crippen LogP contribution in [0, 0.1) is 5.92 Å². The van der Waals surface area contributed by atoms with Gasteiger partial charge >= 0.3 is 0 Å². The van der Waals surface area contributed by atoms with Crippen molar-refractivity contribution in [2.45, 2.75) is 37.8 Å². The van der Waals surface area contributed by atoms with Crippen LogP contribution in [0.3, 0.4) is 0 Å². The standard InChI is InChI=1S/C10H20BrN5O2S/c1-7(2)5-10(3,6-12)14-19(17,18)9-8(11)13-15-16(9)4/h7,14H,5-6,12H2,1-4H3. The molecule has 110 valence electrons. The average molecular weight is 354 g/mol. The lowest BCUT2D eigenvalue weighted by molar-refractivity contribution is 0.343. The molecule has 1 aromatic rings. The molecular weight excluding hydrogens is 334 g/mol. The molecule has 0 saturated carbocycles. The summed E-state index contributed by atoms with van der Waals surface area (Å²) in [6, 6.07) is 0. The van der Waals surface area contributed by atoms with Crippen molar-refractivity contribution in [2.75, 3.05) is 6.54 Å². The highest BCUT2D eigenvalue weighted by Gasteiger charge is 2.33. The molecule has 0 aliphatic carbocycles. The lowest BCUT2D eigenvalue weighted by Gasteiger charge is -2.30. The number of nitrogens with zero attached hydrogens (tertiary/aromatic N) is 3. The number of nitrogens with two attached hydrogens (primary N) is 1. The summed E-state index contributed by atoms with van der Waals surface area (Å²) in [7, 11) is -2.21. The zero-order valence-corrected chi connectivity index (χ0v) is 13.9. The Bertz CT molecular complexity index is 523. The molecule has 0 aromatic carbocycles. The van der Waals surface area contributed by atoms with Gasteiger partial charge in [0.05, 0.1) is 0 Å². The van der Waals surface area contributed by atoms with Crippen LogP contribution in [0.1, 0.15) is 27.2 Å². The minimum atomic E-state index is -3.73. The molecule has 7 nitrogen and oxygen atoms in total. The van der Waals surface area contributed by atoms with Crippen LogP contribution in [0.2, 0.25) is 0 Å². The number of sulfonamides is 1. The molecule has 9 heteroatoms. The van der Waals surface area contributed by atoms with E-state index in [2.05, 4.69) is 31.0 Å². The largest absolute Gasteiger partial charge is 0.329 e. The molecule has 1 unspecified atom stereocenters. The molecule has 3 N–H and O–H groups in total. The molecule has 0 spiro atoms. The van der Waals surface area contributed by atoms with Gasteiger partial charge in [0.1, 0.15) is 0 Å². The molecule has 0 aliphatic heterocycles. The van der Waals surface area contributed by atoms with Gasteiger partial charge in [0.15, 0.2) is 4.60 Å². The number of aromatic nitrogens is 3. The Morgan fingerprint density at radius 1 is 1.53 bits per heavy atom. The predicted molar refractivity (Wildman–Crippen MR) is 75.9 cm³/mol. The van der Waals surface area contributed by atoms with Gasteiger partial charge in [-0.05, 0) is 35.2 Å². The maximum atomic E-state index is 12.4. The van der Waals surface area contributed by atoms with Crippen LogP contribution in [0.4, 0.5) is 0 Å². The van der Waals surface area contributed by atoms with Crippen LogP contribution in [0.15, 0.2) is 9.63 Å². The molecule has 0 bridgehead atoms. The van der Waals surface area contributed by atoms with Crippen LogP contribution in [-0.2, 0) is 17.1 Å². The topological polar surface area (TPSA) is 103 Å². The Balaban J connectivity index is 3.09. The second-order valence-corrected chi connectivity index (χ2v) is 7.63. The summed E-state index contributed by atoms with van der Waals surface area (Å²) in [5.41, 5.74) is 5.02. The number of rotatable bonds is 6. The molecule has 1 atom stereocenters. The highest BCUT2D eigenvalue weighted by molar-refractivity contribution is 9.10. The van der Waals surface area contributed by atoms with E-state index in [1.54, 1.807) is 6.92 Å². The van der Waals surface area contributed by atoms with E-state index >= 15 is 0 Å². The average Bonchev–Trinajstić information content (AvgIpc) is 2.56. The maximum Gasteiger partial charge on any atom is 0.261 e. The second kappa shape index (κ2) is 5.86. The summed E-state index contributed by atoms with van der Waals surface area (Å²) in [5, 5.41) is 7.34. The van der Waals surface area contributed by atoms with Gasteiger partial charge in [0.25, 0.3) is 10.0 Å². The van der Waals surface area contributed by atoms with Crippen LogP contribution in [0.25, 0.3) is 0 Å². The van der Waals surface area contributed by atoms with E-state index in [0.717, 1.165) is 0 Å². The van der Waals surface area contributed by atoms with Crippen LogP contribution in [-0.4, -0.2) is 35.5 Å². The van der Waals surface area contributed by atoms with E-state index in [1.807, 2.05) is 13.8 Å². The fourth-order valence-electron chi connectivity index (χ4n) is 2.05. The van der Waals surface area contributed by atoms with Crippen LogP contribution >= 0.6 is 15.9 Å². The summed E-state index contributed by atoms with van der Waals surface area (Å²) in [6.45, 7) is 6.04. The highest BCUT2D eigenvalue weighted by atomic mass is 79.9. The molecule has 19 heavy (non-hydrogen) atoms. The summed E-state index contributed by atoms with van der Waals surface area (Å²) in [6.07, 6.45) is 0.644. The summed E-state index contributed by atoms with van der Waals surface area (Å²) >= 11 is 3.09. The van der Waals surface area contributed by atoms with Crippen molar-refractivity contribution in [2.24, 2.45) is 18.7 Å². The number of nitrogens with one attached hydrogen (secondary N) is 1. The van der Waals surface area contributed by atoms with Crippen molar-refractivity contribution in [1.82, 2.24) is 19.7 Å². The fourth-order valence-corrected chi connectivity index (χ4v) is 4.57. The van der Waals surface area contributed by atoms with Gasteiger partial charge in [-0.25, -0.2) is 17.8 Å². The van der Waals surface area contributed by atoms with E-state index < -0.39 is 15.6 Å². The Morgan fingerprint density at radius 3 is 2.47 bits per heavy atom. The summed E-state index contributed by atoms with van der Waals surface area (Å²) in [5.74, 6) is 0.323. The number of halogens is 1. The van der Waals surface area contributed by atoms with Gasteiger partial charge in [-0.3, -0.25) is 0 Å². The summed E-state index contributed by atoms with van der Waals surface area (Å²) < 4.78 is 28.8. The molecule has 1 rings (SSSR count). The van der Waals surface area contributed by atoms with E-state index in [9.17, 15) is 8.42 Å². The van der Waals surface area contributed by atoms with Crippen LogP contribution < -0.4 is 10.5 Å². The molecule has 0 fully saturated rings. The molecule has 0 radical (unpaired) electrons. The second-order valence-electron chi connectivity index (χ2n) is 5.28. The monoisotopic (exact) mass is 353 g/mol. The van der Waals surface area contributed by atoms with Crippen molar-refractivity contribution >= 4 is 26.0 Å². The first kappa shape index (κ1) is 16.5. The van der Waals surface area contributed by atoms with Crippen molar-refractivity contribution < 1.29 is 8.42 Å². The smallest absolute Gasteiger partial charge is 0.261 e. The van der Waals surface area contributed by atoms with Crippen molar-refractivity contribution in [3.63, 3.8) is 0 Å². The van der Waals surface area contributed by atoms with Crippen LogP contribution in [0.5, 0.6) is 0 Å². The Hall–Kier alpha value is -0.510. The van der Waals surface area contributed by atoms with Gasteiger partial charge < -0.3 is 5.73 Å². The van der Waals surface area contributed by atoms with Crippen molar-refractivity contribution in [3.8, 4) is 0 Å². The van der Waals surface area contributed by atoms with Gasteiger partial charge in [-0.15, -0.1) is 5.10 Å².